The molecular formula is C19H16BrN5O3S. The highest BCUT2D eigenvalue weighted by atomic mass is 79.9. The number of rotatable bonds is 5. The van der Waals surface area contributed by atoms with E-state index in [9.17, 15) is 4.79 Å². The van der Waals surface area contributed by atoms with Gasteiger partial charge in [0.2, 0.25) is 4.96 Å². The van der Waals surface area contributed by atoms with Crippen molar-refractivity contribution < 1.29 is 14.3 Å². The van der Waals surface area contributed by atoms with Crippen molar-refractivity contribution in [3.63, 3.8) is 0 Å². The first kappa shape index (κ1) is 19.3. The second-order valence-corrected chi connectivity index (χ2v) is 7.88. The van der Waals surface area contributed by atoms with Crippen molar-refractivity contribution >= 4 is 43.8 Å². The number of ether oxygens (including phenoxy) is 2. The fraction of sp³-hybridized carbons (Fsp3) is 0.158. The summed E-state index contributed by atoms with van der Waals surface area (Å²) in [5, 5.41) is 16.3. The molecule has 148 valence electrons. The standard InChI is InChI=1S/C19H16BrN5O3S/c1-10-22-23-19-25(10)24-18(29-19)12-5-7-16(28-3)14(9-12)21-17(26)11-4-6-15(27-2)13(20)8-11/h4-9H,1-3H3,(H,21,26). The summed E-state index contributed by atoms with van der Waals surface area (Å²) >= 11 is 4.82. The third-order valence-electron chi connectivity index (χ3n) is 4.26. The molecule has 4 aromatic rings. The van der Waals surface area contributed by atoms with Gasteiger partial charge in [0.15, 0.2) is 5.82 Å². The summed E-state index contributed by atoms with van der Waals surface area (Å²) in [5.74, 6) is 1.65. The van der Waals surface area contributed by atoms with Gasteiger partial charge in [-0.25, -0.2) is 0 Å². The third-order valence-corrected chi connectivity index (χ3v) is 5.82. The van der Waals surface area contributed by atoms with E-state index in [-0.39, 0.29) is 5.91 Å². The van der Waals surface area contributed by atoms with Gasteiger partial charge in [-0.15, -0.1) is 10.2 Å². The van der Waals surface area contributed by atoms with Crippen LogP contribution in [0.25, 0.3) is 15.5 Å². The molecule has 0 saturated carbocycles. The van der Waals surface area contributed by atoms with Crippen LogP contribution < -0.4 is 14.8 Å². The quantitative estimate of drug-likeness (QED) is 0.467. The van der Waals surface area contributed by atoms with Crippen LogP contribution in [0, 0.1) is 6.92 Å². The molecule has 2 aromatic carbocycles. The molecule has 10 heteroatoms. The SMILES string of the molecule is COc1ccc(C(=O)Nc2cc(-c3nn4c(C)nnc4s3)ccc2OC)cc1Br. The summed E-state index contributed by atoms with van der Waals surface area (Å²) in [6.45, 7) is 1.84. The Hall–Kier alpha value is -2.98. The maximum absolute atomic E-state index is 12.8. The van der Waals surface area contributed by atoms with E-state index in [1.165, 1.54) is 11.3 Å². The number of benzene rings is 2. The zero-order chi connectivity index (χ0) is 20.5. The van der Waals surface area contributed by atoms with E-state index in [1.807, 2.05) is 19.1 Å². The highest BCUT2D eigenvalue weighted by molar-refractivity contribution is 9.10. The molecular weight excluding hydrogens is 458 g/mol. The van der Waals surface area contributed by atoms with E-state index in [1.54, 1.807) is 43.0 Å². The Balaban J connectivity index is 1.66. The van der Waals surface area contributed by atoms with Crippen LogP contribution in [0.5, 0.6) is 11.5 Å². The predicted octanol–water partition coefficient (Wildman–Crippen LogP) is 4.19. The zero-order valence-corrected chi connectivity index (χ0v) is 18.2. The Labute approximate surface area is 178 Å². The van der Waals surface area contributed by atoms with Crippen molar-refractivity contribution in [2.45, 2.75) is 6.92 Å². The highest BCUT2D eigenvalue weighted by Crippen LogP contribution is 2.33. The average Bonchev–Trinajstić information content (AvgIpc) is 3.30. The number of carbonyl (C=O) groups excluding carboxylic acids is 1. The molecule has 1 N–H and O–H groups in total. The maximum atomic E-state index is 12.8. The van der Waals surface area contributed by atoms with Gasteiger partial charge in [0.05, 0.1) is 24.4 Å². The lowest BCUT2D eigenvalue weighted by atomic mass is 10.1. The van der Waals surface area contributed by atoms with Gasteiger partial charge in [-0.2, -0.15) is 9.61 Å². The van der Waals surface area contributed by atoms with E-state index in [0.29, 0.717) is 32.2 Å². The van der Waals surface area contributed by atoms with Crippen LogP contribution in [0.4, 0.5) is 5.69 Å². The van der Waals surface area contributed by atoms with Crippen LogP contribution in [-0.4, -0.2) is 39.9 Å². The number of nitrogens with one attached hydrogen (secondary N) is 1. The fourth-order valence-corrected chi connectivity index (χ4v) is 4.19. The normalized spacial score (nSPS) is 10.9. The number of hydrogen-bond acceptors (Lipinski definition) is 7. The van der Waals surface area contributed by atoms with Gasteiger partial charge in [-0.05, 0) is 59.3 Å². The van der Waals surface area contributed by atoms with Crippen molar-refractivity contribution in [2.24, 2.45) is 0 Å². The molecule has 0 radical (unpaired) electrons. The molecule has 0 aliphatic carbocycles. The van der Waals surface area contributed by atoms with Crippen LogP contribution >= 0.6 is 27.3 Å². The predicted molar refractivity (Wildman–Crippen MR) is 114 cm³/mol. The van der Waals surface area contributed by atoms with Gasteiger partial charge in [0.1, 0.15) is 16.5 Å². The fourth-order valence-electron chi connectivity index (χ4n) is 2.77. The summed E-state index contributed by atoms with van der Waals surface area (Å²) in [6, 6.07) is 10.6. The monoisotopic (exact) mass is 473 g/mol. The Kier molecular flexibility index (Phi) is 5.20. The van der Waals surface area contributed by atoms with Gasteiger partial charge in [-0.3, -0.25) is 4.79 Å². The Bertz CT molecular complexity index is 1220. The molecule has 1 amide bonds. The molecule has 29 heavy (non-hydrogen) atoms. The number of fused-ring (bicyclic) bond motifs is 1. The number of aromatic nitrogens is 4. The van der Waals surface area contributed by atoms with Crippen LogP contribution in [0.1, 0.15) is 16.2 Å². The van der Waals surface area contributed by atoms with Crippen molar-refractivity contribution in [1.82, 2.24) is 19.8 Å². The van der Waals surface area contributed by atoms with Gasteiger partial charge in [0.25, 0.3) is 5.91 Å². The maximum Gasteiger partial charge on any atom is 0.255 e. The average molecular weight is 474 g/mol. The van der Waals surface area contributed by atoms with Crippen LogP contribution in [0.15, 0.2) is 40.9 Å². The smallest absolute Gasteiger partial charge is 0.255 e. The van der Waals surface area contributed by atoms with Crippen LogP contribution in [-0.2, 0) is 0 Å². The van der Waals surface area contributed by atoms with Gasteiger partial charge < -0.3 is 14.8 Å². The number of halogens is 1. The first-order valence-electron chi connectivity index (χ1n) is 8.52. The molecule has 4 rings (SSSR count). The van der Waals surface area contributed by atoms with Crippen LogP contribution in [0.2, 0.25) is 0 Å². The molecule has 0 atom stereocenters. The summed E-state index contributed by atoms with van der Waals surface area (Å²) < 4.78 is 13.0. The number of hydrogen-bond donors (Lipinski definition) is 1. The Morgan fingerprint density at radius 2 is 1.86 bits per heavy atom. The van der Waals surface area contributed by atoms with E-state index < -0.39 is 0 Å². The van der Waals surface area contributed by atoms with Crippen molar-refractivity contribution in [2.75, 3.05) is 19.5 Å². The molecule has 0 saturated heterocycles. The van der Waals surface area contributed by atoms with Crippen molar-refractivity contribution in [3.05, 3.63) is 52.3 Å². The molecule has 0 aliphatic rings. The number of methoxy groups -OCH3 is 2. The lowest BCUT2D eigenvalue weighted by molar-refractivity contribution is 0.102. The van der Waals surface area contributed by atoms with Gasteiger partial charge >= 0.3 is 0 Å². The van der Waals surface area contributed by atoms with Crippen molar-refractivity contribution in [3.8, 4) is 22.1 Å². The molecule has 2 heterocycles. The van der Waals surface area contributed by atoms with E-state index >= 15 is 0 Å². The lowest BCUT2D eigenvalue weighted by Crippen LogP contribution is -2.13. The number of anilines is 1. The highest BCUT2D eigenvalue weighted by Gasteiger charge is 2.15. The number of carbonyl (C=O) groups is 1. The Morgan fingerprint density at radius 1 is 1.10 bits per heavy atom. The summed E-state index contributed by atoms with van der Waals surface area (Å²) in [4.78, 5) is 13.5. The zero-order valence-electron chi connectivity index (χ0n) is 15.8. The van der Waals surface area contributed by atoms with Crippen molar-refractivity contribution in [1.29, 1.82) is 0 Å². The number of nitrogens with zero attached hydrogens (tertiary/aromatic N) is 4. The number of aryl methyl sites for hydroxylation is 1. The minimum absolute atomic E-state index is 0.266. The van der Waals surface area contributed by atoms with Crippen LogP contribution in [0.3, 0.4) is 0 Å². The van der Waals surface area contributed by atoms with E-state index in [0.717, 1.165) is 16.4 Å². The molecule has 2 aromatic heterocycles. The summed E-state index contributed by atoms with van der Waals surface area (Å²) in [7, 11) is 3.13. The minimum Gasteiger partial charge on any atom is -0.496 e. The molecule has 8 nitrogen and oxygen atoms in total. The second-order valence-electron chi connectivity index (χ2n) is 6.07. The molecule has 0 aliphatic heterocycles. The largest absolute Gasteiger partial charge is 0.496 e. The third kappa shape index (κ3) is 3.68. The summed E-state index contributed by atoms with van der Waals surface area (Å²) in [6.07, 6.45) is 0. The molecule has 0 unspecified atom stereocenters. The minimum atomic E-state index is -0.266. The molecule has 0 spiro atoms. The first-order chi connectivity index (χ1) is 14.0. The molecule has 0 fully saturated rings. The van der Waals surface area contributed by atoms with E-state index in [4.69, 9.17) is 9.47 Å². The summed E-state index contributed by atoms with van der Waals surface area (Å²) in [5.41, 5.74) is 1.87. The van der Waals surface area contributed by atoms with Gasteiger partial charge in [-0.1, -0.05) is 11.3 Å². The Morgan fingerprint density at radius 3 is 2.55 bits per heavy atom. The van der Waals surface area contributed by atoms with E-state index in [2.05, 4.69) is 36.5 Å². The number of amides is 1. The second kappa shape index (κ2) is 7.80. The lowest BCUT2D eigenvalue weighted by Gasteiger charge is -2.12. The molecule has 0 bridgehead atoms. The first-order valence-corrected chi connectivity index (χ1v) is 10.1. The topological polar surface area (TPSA) is 90.6 Å². The van der Waals surface area contributed by atoms with Gasteiger partial charge in [0, 0.05) is 11.1 Å².